The van der Waals surface area contributed by atoms with E-state index in [4.69, 9.17) is 22.1 Å². The van der Waals surface area contributed by atoms with Gasteiger partial charge in [-0.3, -0.25) is 9.69 Å². The monoisotopic (exact) mass is 713 g/mol. The normalized spacial score (nSPS) is 21.9. The molecule has 2 aromatic carbocycles. The Morgan fingerprint density at radius 1 is 1.24 bits per heavy atom. The largest absolute Gasteiger partial charge is 0.467 e. The van der Waals surface area contributed by atoms with Crippen LogP contribution in [0.15, 0.2) is 18.2 Å². The maximum atomic E-state index is 16.5. The number of rotatable bonds is 6. The highest BCUT2D eigenvalue weighted by Crippen LogP contribution is 2.46. The molecule has 3 fully saturated rings. The molecule has 49 heavy (non-hydrogen) atoms. The fourth-order valence-electron chi connectivity index (χ4n) is 7.69. The van der Waals surface area contributed by atoms with Crippen molar-refractivity contribution in [2.45, 2.75) is 77.2 Å². The van der Waals surface area contributed by atoms with Crippen molar-refractivity contribution in [3.05, 3.63) is 40.4 Å². The Balaban J connectivity index is 0.000000396. The number of hydrogen-bond donors (Lipinski definition) is 1. The van der Waals surface area contributed by atoms with E-state index in [2.05, 4.69) is 14.9 Å². The lowest BCUT2D eigenvalue weighted by Crippen LogP contribution is -2.45. The lowest BCUT2D eigenvalue weighted by Gasteiger charge is -2.34. The molecule has 2 N–H and O–H groups in total. The van der Waals surface area contributed by atoms with Crippen LogP contribution in [0, 0.1) is 23.0 Å². The van der Waals surface area contributed by atoms with Crippen molar-refractivity contribution in [1.82, 2.24) is 19.8 Å². The number of aromatic nitrogens is 2. The number of halogens is 4. The number of nitrogens with two attached hydrogens (primary N) is 1. The summed E-state index contributed by atoms with van der Waals surface area (Å²) in [5, 5.41) is 10.5. The maximum absolute atomic E-state index is 16.5. The molecule has 260 valence electrons. The molecule has 0 spiro atoms. The second kappa shape index (κ2) is 14.2. The first-order valence-electron chi connectivity index (χ1n) is 16.6. The van der Waals surface area contributed by atoms with Gasteiger partial charge in [0, 0.05) is 54.5 Å². The molecule has 0 aliphatic carbocycles. The summed E-state index contributed by atoms with van der Waals surface area (Å²) in [6.07, 6.45) is 3.94. The first-order chi connectivity index (χ1) is 23.5. The van der Waals surface area contributed by atoms with E-state index < -0.39 is 17.8 Å². The minimum absolute atomic E-state index is 0.0304. The van der Waals surface area contributed by atoms with E-state index in [-0.39, 0.29) is 66.3 Å². The van der Waals surface area contributed by atoms with Crippen LogP contribution in [0.4, 0.5) is 24.0 Å². The number of carbonyl (C=O) groups excluding carboxylic acids is 1. The summed E-state index contributed by atoms with van der Waals surface area (Å²) in [4.78, 5) is 27.6. The molecule has 3 saturated heterocycles. The smallest absolute Gasteiger partial charge is 0.318 e. The van der Waals surface area contributed by atoms with Gasteiger partial charge in [-0.25, -0.2) is 13.2 Å². The van der Waals surface area contributed by atoms with E-state index in [0.29, 0.717) is 49.7 Å². The van der Waals surface area contributed by atoms with Gasteiger partial charge in [0.25, 0.3) is 0 Å². The first kappa shape index (κ1) is 35.0. The number of fused-ring (bicyclic) bond motifs is 3. The molecule has 14 heteroatoms. The fourth-order valence-corrected chi connectivity index (χ4v) is 8.93. The van der Waals surface area contributed by atoms with Gasteiger partial charge in [-0.05, 0) is 63.8 Å². The molecule has 3 aliphatic heterocycles. The van der Waals surface area contributed by atoms with Crippen LogP contribution in [0.5, 0.6) is 6.01 Å². The summed E-state index contributed by atoms with van der Waals surface area (Å²) in [7, 11) is 1.40. The maximum Gasteiger partial charge on any atom is 0.318 e. The molecule has 5 heterocycles. The molecular formula is C35H39ClF3N7O2S. The highest BCUT2D eigenvalue weighted by atomic mass is 35.5. The van der Waals surface area contributed by atoms with Crippen molar-refractivity contribution < 1.29 is 22.7 Å². The Labute approximate surface area is 292 Å². The number of amides is 1. The van der Waals surface area contributed by atoms with E-state index >= 15 is 4.39 Å². The zero-order valence-corrected chi connectivity index (χ0v) is 29.5. The number of nitrogens with zero attached hydrogens (tertiary/aromatic N) is 6. The van der Waals surface area contributed by atoms with Crippen molar-refractivity contribution in [3.8, 4) is 23.2 Å². The van der Waals surface area contributed by atoms with Gasteiger partial charge in [0.2, 0.25) is 5.91 Å². The van der Waals surface area contributed by atoms with Crippen LogP contribution in [0.25, 0.3) is 32.1 Å². The lowest BCUT2D eigenvalue weighted by atomic mass is 9.97. The highest BCUT2D eigenvalue weighted by molar-refractivity contribution is 7.23. The van der Waals surface area contributed by atoms with E-state index in [0.717, 1.165) is 24.3 Å². The third-order valence-corrected chi connectivity index (χ3v) is 11.4. The van der Waals surface area contributed by atoms with Gasteiger partial charge < -0.3 is 20.3 Å². The number of likely N-dealkylation sites (N-methyl/N-ethyl adjacent to an activating group) is 1. The second-order valence-corrected chi connectivity index (χ2v) is 14.1. The molecule has 0 bridgehead atoms. The number of thiophene rings is 1. The SMILES string of the molecule is CCC(=O)N1CCC(N(CC)c2nc(OC)nc3c(F)c(-c4ccc(F)c5sc(N)c(C#N)c45)c(Cl)cc23)C1C.FC1CC2CCCN2C1. The molecule has 4 unspecified atom stereocenters. The predicted octanol–water partition coefficient (Wildman–Crippen LogP) is 7.32. The molecule has 9 nitrogen and oxygen atoms in total. The molecule has 0 radical (unpaired) electrons. The molecule has 4 atom stereocenters. The summed E-state index contributed by atoms with van der Waals surface area (Å²) in [5.41, 5.74) is 6.22. The number of nitriles is 1. The Bertz CT molecular complexity index is 1940. The standard InChI is InChI=1S/C28H27ClF2N6O2S.C7H12FN/c1-5-20(38)37-10-9-19(13(37)3)36(6-2)27-15-11-17(29)22(23(31)24(15)34-28(35-27)39-4)14-7-8-18(30)25-21(14)16(12-32)26(33)40-25;8-6-4-7-2-1-3-9(7)5-6/h7-8,11,13,19H,5-6,9-10,33H2,1-4H3;6-7H,1-5H2. The topological polar surface area (TPSA) is 112 Å². The van der Waals surface area contributed by atoms with Crippen LogP contribution in [0.1, 0.15) is 58.4 Å². The van der Waals surface area contributed by atoms with Crippen molar-refractivity contribution in [2.24, 2.45) is 0 Å². The van der Waals surface area contributed by atoms with Gasteiger partial charge in [0.15, 0.2) is 5.82 Å². The van der Waals surface area contributed by atoms with Crippen LogP contribution in [0.3, 0.4) is 0 Å². The average molecular weight is 714 g/mol. The van der Waals surface area contributed by atoms with Crippen molar-refractivity contribution in [2.75, 3.05) is 43.9 Å². The number of methoxy groups -OCH3 is 1. The Hall–Kier alpha value is -3.86. The Morgan fingerprint density at radius 2 is 2.02 bits per heavy atom. The second-order valence-electron chi connectivity index (χ2n) is 12.7. The Kier molecular flexibility index (Phi) is 10.1. The molecule has 1 amide bonds. The van der Waals surface area contributed by atoms with Crippen LogP contribution in [0.2, 0.25) is 5.02 Å². The summed E-state index contributed by atoms with van der Waals surface area (Å²) < 4.78 is 49.3. The summed E-state index contributed by atoms with van der Waals surface area (Å²) in [5.74, 6) is -0.822. The van der Waals surface area contributed by atoms with Crippen LogP contribution in [-0.2, 0) is 4.79 Å². The van der Waals surface area contributed by atoms with Gasteiger partial charge >= 0.3 is 6.01 Å². The van der Waals surface area contributed by atoms with E-state index in [9.17, 15) is 18.8 Å². The number of anilines is 2. The van der Waals surface area contributed by atoms with E-state index in [1.54, 1.807) is 6.07 Å². The van der Waals surface area contributed by atoms with Crippen molar-refractivity contribution >= 4 is 60.7 Å². The van der Waals surface area contributed by atoms with E-state index in [1.807, 2.05) is 36.6 Å². The quantitative estimate of drug-likeness (QED) is 0.221. The molecule has 3 aliphatic rings. The minimum atomic E-state index is -0.760. The number of ether oxygens (including phenoxy) is 1. The third kappa shape index (κ3) is 6.23. The molecule has 2 aromatic heterocycles. The summed E-state index contributed by atoms with van der Waals surface area (Å²) >= 11 is 7.67. The average Bonchev–Trinajstić information content (AvgIpc) is 3.85. The van der Waals surface area contributed by atoms with Crippen LogP contribution < -0.4 is 15.4 Å². The zero-order valence-electron chi connectivity index (χ0n) is 27.9. The molecule has 0 saturated carbocycles. The van der Waals surface area contributed by atoms with Gasteiger partial charge in [-0.15, -0.1) is 11.3 Å². The van der Waals surface area contributed by atoms with Crippen molar-refractivity contribution in [3.63, 3.8) is 0 Å². The van der Waals surface area contributed by atoms with Gasteiger partial charge in [0.1, 0.15) is 34.4 Å². The summed E-state index contributed by atoms with van der Waals surface area (Å²) in [6.45, 7) is 8.79. The minimum Gasteiger partial charge on any atom is -0.467 e. The van der Waals surface area contributed by atoms with Crippen molar-refractivity contribution in [1.29, 1.82) is 5.26 Å². The summed E-state index contributed by atoms with van der Waals surface area (Å²) in [6, 6.07) is 6.58. The molecule has 7 rings (SSSR count). The van der Waals surface area contributed by atoms with Gasteiger partial charge in [0.05, 0.1) is 28.4 Å². The number of carbonyl (C=O) groups is 1. The third-order valence-electron chi connectivity index (χ3n) is 10.0. The first-order valence-corrected chi connectivity index (χ1v) is 17.8. The van der Waals surface area contributed by atoms with Gasteiger partial charge in [-0.1, -0.05) is 24.6 Å². The number of benzene rings is 2. The van der Waals surface area contributed by atoms with Crippen LogP contribution >= 0.6 is 22.9 Å². The Morgan fingerprint density at radius 3 is 2.69 bits per heavy atom. The highest BCUT2D eigenvalue weighted by Gasteiger charge is 2.38. The van der Waals surface area contributed by atoms with Crippen LogP contribution in [-0.4, -0.2) is 83.3 Å². The molecular weight excluding hydrogens is 675 g/mol. The van der Waals surface area contributed by atoms with Gasteiger partial charge in [-0.2, -0.15) is 15.2 Å². The zero-order chi connectivity index (χ0) is 35.1. The van der Waals surface area contributed by atoms with E-state index in [1.165, 1.54) is 32.1 Å². The number of likely N-dealkylation sites (tertiary alicyclic amines) is 1. The predicted molar refractivity (Wildman–Crippen MR) is 188 cm³/mol. The number of alkyl halides is 1. The molecule has 4 aromatic rings. The number of hydrogen-bond acceptors (Lipinski definition) is 9. The fraction of sp³-hybridized carbons (Fsp3) is 0.486. The number of nitrogen functional groups attached to an aromatic ring is 1. The lowest BCUT2D eigenvalue weighted by molar-refractivity contribution is -0.131.